The van der Waals surface area contributed by atoms with Gasteiger partial charge in [-0.3, -0.25) is 4.79 Å². The predicted octanol–water partition coefficient (Wildman–Crippen LogP) is 2.95. The van der Waals surface area contributed by atoms with Gasteiger partial charge in [0.2, 0.25) is 5.75 Å². The van der Waals surface area contributed by atoms with Crippen molar-refractivity contribution in [3.63, 3.8) is 0 Å². The van der Waals surface area contributed by atoms with E-state index >= 15 is 0 Å². The molecule has 8 heteroatoms. The van der Waals surface area contributed by atoms with Crippen LogP contribution < -0.4 is 19.9 Å². The minimum atomic E-state index is -3.05. The van der Waals surface area contributed by atoms with Gasteiger partial charge in [0.05, 0.1) is 14.2 Å². The average molecular weight is 394 g/mol. The van der Waals surface area contributed by atoms with E-state index in [1.807, 2.05) is 30.3 Å². The highest BCUT2D eigenvalue weighted by molar-refractivity contribution is 5.95. The standard InChI is InChI=1S/C20H24F2N2O4/c1-26-16-12-15(13-17(27-2)18(16)28-20(21)22)19(25)24(11-9-23)10-8-14-6-4-3-5-7-14/h3-7,12-13,20H,8-11,23H2,1-2H3. The maximum Gasteiger partial charge on any atom is 0.387 e. The van der Waals surface area contributed by atoms with E-state index in [4.69, 9.17) is 15.2 Å². The van der Waals surface area contributed by atoms with Crippen LogP contribution in [0.1, 0.15) is 15.9 Å². The number of nitrogens with two attached hydrogens (primary N) is 1. The summed E-state index contributed by atoms with van der Waals surface area (Å²) in [6.45, 7) is -1.95. The third-order valence-electron chi connectivity index (χ3n) is 4.11. The molecule has 0 spiro atoms. The van der Waals surface area contributed by atoms with Crippen LogP contribution >= 0.6 is 0 Å². The SMILES string of the molecule is COc1cc(C(=O)N(CCN)CCc2ccccc2)cc(OC)c1OC(F)F. The molecule has 0 saturated carbocycles. The lowest BCUT2D eigenvalue weighted by Gasteiger charge is -2.23. The Balaban J connectivity index is 2.27. The lowest BCUT2D eigenvalue weighted by Crippen LogP contribution is -2.37. The second-order valence-electron chi connectivity index (χ2n) is 5.90. The fourth-order valence-electron chi connectivity index (χ4n) is 2.77. The molecule has 2 N–H and O–H groups in total. The first kappa shape index (κ1) is 21.4. The van der Waals surface area contributed by atoms with E-state index in [1.165, 1.54) is 26.4 Å². The van der Waals surface area contributed by atoms with Crippen LogP contribution in [0.5, 0.6) is 17.2 Å². The van der Waals surface area contributed by atoms with Gasteiger partial charge in [0.1, 0.15) is 0 Å². The minimum Gasteiger partial charge on any atom is -0.493 e. The molecule has 28 heavy (non-hydrogen) atoms. The monoisotopic (exact) mass is 394 g/mol. The molecule has 0 bridgehead atoms. The zero-order valence-corrected chi connectivity index (χ0v) is 15.9. The molecule has 0 radical (unpaired) electrons. The molecule has 0 aliphatic rings. The first-order valence-corrected chi connectivity index (χ1v) is 8.74. The lowest BCUT2D eigenvalue weighted by atomic mass is 10.1. The minimum absolute atomic E-state index is 0.0150. The molecule has 6 nitrogen and oxygen atoms in total. The lowest BCUT2D eigenvalue weighted by molar-refractivity contribution is -0.0526. The molecular formula is C20H24F2N2O4. The zero-order valence-electron chi connectivity index (χ0n) is 15.9. The Morgan fingerprint density at radius 2 is 1.68 bits per heavy atom. The highest BCUT2D eigenvalue weighted by Crippen LogP contribution is 2.39. The molecule has 1 amide bonds. The Morgan fingerprint density at radius 1 is 1.07 bits per heavy atom. The second kappa shape index (κ2) is 10.5. The molecule has 0 saturated heterocycles. The zero-order chi connectivity index (χ0) is 20.5. The summed E-state index contributed by atoms with van der Waals surface area (Å²) < 4.78 is 40.1. The third kappa shape index (κ3) is 5.56. The number of alkyl halides is 2. The van der Waals surface area contributed by atoms with Gasteiger partial charge in [-0.2, -0.15) is 8.78 Å². The molecule has 0 heterocycles. The average Bonchev–Trinajstić information content (AvgIpc) is 2.71. The van der Waals surface area contributed by atoms with Gasteiger partial charge in [-0.15, -0.1) is 0 Å². The molecule has 152 valence electrons. The van der Waals surface area contributed by atoms with E-state index in [9.17, 15) is 13.6 Å². The second-order valence-corrected chi connectivity index (χ2v) is 5.90. The first-order chi connectivity index (χ1) is 13.5. The number of ether oxygens (including phenoxy) is 3. The molecule has 0 unspecified atom stereocenters. The van der Waals surface area contributed by atoms with Crippen molar-refractivity contribution in [2.24, 2.45) is 5.73 Å². The summed E-state index contributed by atoms with van der Waals surface area (Å²) in [5.74, 6) is -0.592. The molecule has 2 rings (SSSR count). The number of nitrogens with zero attached hydrogens (tertiary/aromatic N) is 1. The van der Waals surface area contributed by atoms with Crippen LogP contribution in [0.15, 0.2) is 42.5 Å². The van der Waals surface area contributed by atoms with Crippen molar-refractivity contribution in [3.05, 3.63) is 53.6 Å². The fourth-order valence-corrected chi connectivity index (χ4v) is 2.77. The van der Waals surface area contributed by atoms with Crippen molar-refractivity contribution in [3.8, 4) is 17.2 Å². The van der Waals surface area contributed by atoms with Crippen LogP contribution in [-0.2, 0) is 6.42 Å². The largest absolute Gasteiger partial charge is 0.493 e. The number of hydrogen-bond acceptors (Lipinski definition) is 5. The normalized spacial score (nSPS) is 10.6. The topological polar surface area (TPSA) is 74.0 Å². The number of halogens is 2. The molecule has 2 aromatic carbocycles. The van der Waals surface area contributed by atoms with Crippen molar-refractivity contribution < 1.29 is 27.8 Å². The van der Waals surface area contributed by atoms with E-state index in [0.717, 1.165) is 5.56 Å². The van der Waals surface area contributed by atoms with E-state index < -0.39 is 6.61 Å². The number of amides is 1. The number of carbonyl (C=O) groups is 1. The Bertz CT molecular complexity index is 747. The van der Waals surface area contributed by atoms with Crippen LogP contribution in [0.25, 0.3) is 0 Å². The highest BCUT2D eigenvalue weighted by atomic mass is 19.3. The quantitative estimate of drug-likeness (QED) is 0.671. The van der Waals surface area contributed by atoms with Crippen LogP contribution in [0.4, 0.5) is 8.78 Å². The Labute approximate surface area is 162 Å². The molecular weight excluding hydrogens is 370 g/mol. The van der Waals surface area contributed by atoms with Crippen molar-refractivity contribution in [2.45, 2.75) is 13.0 Å². The van der Waals surface area contributed by atoms with Gasteiger partial charge in [-0.1, -0.05) is 30.3 Å². The van der Waals surface area contributed by atoms with Crippen LogP contribution in [0, 0.1) is 0 Å². The maximum atomic E-state index is 13.0. The van der Waals surface area contributed by atoms with Crippen LogP contribution in [-0.4, -0.2) is 51.3 Å². The number of carbonyl (C=O) groups excluding carboxylic acids is 1. The molecule has 0 aliphatic carbocycles. The van der Waals surface area contributed by atoms with Crippen molar-refractivity contribution in [2.75, 3.05) is 33.9 Å². The van der Waals surface area contributed by atoms with Gasteiger partial charge < -0.3 is 24.8 Å². The van der Waals surface area contributed by atoms with Gasteiger partial charge in [0, 0.05) is 25.2 Å². The third-order valence-corrected chi connectivity index (χ3v) is 4.11. The van der Waals surface area contributed by atoms with Crippen molar-refractivity contribution >= 4 is 5.91 Å². The highest BCUT2D eigenvalue weighted by Gasteiger charge is 2.23. The number of benzene rings is 2. The van der Waals surface area contributed by atoms with Gasteiger partial charge in [-0.05, 0) is 24.1 Å². The number of methoxy groups -OCH3 is 2. The smallest absolute Gasteiger partial charge is 0.387 e. The van der Waals surface area contributed by atoms with Crippen LogP contribution in [0.3, 0.4) is 0 Å². The summed E-state index contributed by atoms with van der Waals surface area (Å²) in [5, 5.41) is 0. The van der Waals surface area contributed by atoms with Gasteiger partial charge >= 0.3 is 6.61 Å². The Hall–Kier alpha value is -2.87. The first-order valence-electron chi connectivity index (χ1n) is 8.74. The van der Waals surface area contributed by atoms with E-state index in [1.54, 1.807) is 4.90 Å². The summed E-state index contributed by atoms with van der Waals surface area (Å²) in [6.07, 6.45) is 0.660. The molecule has 0 fully saturated rings. The van der Waals surface area contributed by atoms with E-state index in [0.29, 0.717) is 26.1 Å². The Kier molecular flexibility index (Phi) is 8.01. The van der Waals surface area contributed by atoms with Gasteiger partial charge in [0.25, 0.3) is 5.91 Å². The van der Waals surface area contributed by atoms with Gasteiger partial charge in [-0.25, -0.2) is 0 Å². The summed E-state index contributed by atoms with van der Waals surface area (Å²) in [6, 6.07) is 12.5. The predicted molar refractivity (Wildman–Crippen MR) is 101 cm³/mol. The fraction of sp³-hybridized carbons (Fsp3) is 0.350. The molecule has 0 atom stereocenters. The summed E-state index contributed by atoms with van der Waals surface area (Å²) in [4.78, 5) is 14.6. The summed E-state index contributed by atoms with van der Waals surface area (Å²) in [5.41, 5.74) is 6.98. The van der Waals surface area contributed by atoms with Gasteiger partial charge in [0.15, 0.2) is 11.5 Å². The van der Waals surface area contributed by atoms with Crippen LogP contribution in [0.2, 0.25) is 0 Å². The summed E-state index contributed by atoms with van der Waals surface area (Å²) >= 11 is 0. The molecule has 0 aliphatic heterocycles. The summed E-state index contributed by atoms with van der Waals surface area (Å²) in [7, 11) is 2.60. The Morgan fingerprint density at radius 3 is 2.18 bits per heavy atom. The number of hydrogen-bond donors (Lipinski definition) is 1. The van der Waals surface area contributed by atoms with E-state index in [2.05, 4.69) is 4.74 Å². The number of rotatable bonds is 10. The maximum absolute atomic E-state index is 13.0. The molecule has 2 aromatic rings. The van der Waals surface area contributed by atoms with E-state index in [-0.39, 0.29) is 28.7 Å². The van der Waals surface area contributed by atoms with Crippen molar-refractivity contribution in [1.29, 1.82) is 0 Å². The van der Waals surface area contributed by atoms with Crippen molar-refractivity contribution in [1.82, 2.24) is 4.90 Å². The molecule has 0 aromatic heterocycles.